The minimum absolute atomic E-state index is 0.358. The summed E-state index contributed by atoms with van der Waals surface area (Å²) in [4.78, 5) is 11.2. The third-order valence-electron chi connectivity index (χ3n) is 3.65. The van der Waals surface area contributed by atoms with Crippen molar-refractivity contribution in [1.29, 1.82) is 0 Å². The number of carboxylic acid groups (broad SMARTS) is 1. The molecule has 0 aromatic carbocycles. The number of carbonyl (C=O) groups is 1. The van der Waals surface area contributed by atoms with Gasteiger partial charge in [0.25, 0.3) is 0 Å². The van der Waals surface area contributed by atoms with Crippen LogP contribution in [0.15, 0.2) is 0 Å². The molecule has 1 saturated carbocycles. The largest absolute Gasteiger partial charge is 0.480 e. The molecule has 0 amide bonds. The van der Waals surface area contributed by atoms with Crippen molar-refractivity contribution in [2.45, 2.75) is 71.9 Å². The van der Waals surface area contributed by atoms with Gasteiger partial charge in [-0.05, 0) is 37.0 Å². The third-order valence-corrected chi connectivity index (χ3v) is 3.65. The number of aliphatic carboxylic acids is 1. The van der Waals surface area contributed by atoms with Crippen molar-refractivity contribution in [2.75, 3.05) is 0 Å². The van der Waals surface area contributed by atoms with Crippen LogP contribution in [-0.2, 0) is 4.79 Å². The number of hydrogen-bond acceptors (Lipinski definition) is 2. The standard InChI is InChI=1S/C14H27NO2/c1-10(2)8-12(13(16)17)15-11-6-5-7-14(3,4)9-11/h10-12,15H,5-9H2,1-4H3,(H,16,17). The van der Waals surface area contributed by atoms with Crippen LogP contribution in [0.1, 0.15) is 59.8 Å². The number of hydrogen-bond donors (Lipinski definition) is 2. The van der Waals surface area contributed by atoms with Gasteiger partial charge < -0.3 is 10.4 Å². The zero-order valence-corrected chi connectivity index (χ0v) is 11.6. The van der Waals surface area contributed by atoms with Gasteiger partial charge in [-0.3, -0.25) is 4.79 Å². The van der Waals surface area contributed by atoms with Crippen molar-refractivity contribution in [3.8, 4) is 0 Å². The molecular weight excluding hydrogens is 214 g/mol. The Balaban J connectivity index is 2.52. The highest BCUT2D eigenvalue weighted by molar-refractivity contribution is 5.73. The van der Waals surface area contributed by atoms with Gasteiger partial charge in [-0.1, -0.05) is 34.1 Å². The molecule has 0 bridgehead atoms. The summed E-state index contributed by atoms with van der Waals surface area (Å²) in [7, 11) is 0. The minimum atomic E-state index is -0.706. The molecule has 1 rings (SSSR count). The average Bonchev–Trinajstić information content (AvgIpc) is 2.14. The molecule has 0 saturated heterocycles. The molecule has 100 valence electrons. The molecule has 3 heteroatoms. The van der Waals surface area contributed by atoms with E-state index in [4.69, 9.17) is 0 Å². The summed E-state index contributed by atoms with van der Waals surface area (Å²) in [5.74, 6) is -0.290. The van der Waals surface area contributed by atoms with Crippen molar-refractivity contribution in [1.82, 2.24) is 5.32 Å². The van der Waals surface area contributed by atoms with Crippen LogP contribution in [0, 0.1) is 11.3 Å². The Hall–Kier alpha value is -0.570. The molecule has 2 unspecified atom stereocenters. The first-order chi connectivity index (χ1) is 7.80. The minimum Gasteiger partial charge on any atom is -0.480 e. The highest BCUT2D eigenvalue weighted by atomic mass is 16.4. The van der Waals surface area contributed by atoms with Gasteiger partial charge in [0, 0.05) is 6.04 Å². The molecule has 0 spiro atoms. The molecule has 1 fully saturated rings. The maximum Gasteiger partial charge on any atom is 0.320 e. The van der Waals surface area contributed by atoms with Crippen LogP contribution in [0.4, 0.5) is 0 Å². The lowest BCUT2D eigenvalue weighted by Gasteiger charge is -2.37. The van der Waals surface area contributed by atoms with Gasteiger partial charge in [0.15, 0.2) is 0 Å². The summed E-state index contributed by atoms with van der Waals surface area (Å²) in [6.45, 7) is 8.70. The summed E-state index contributed by atoms with van der Waals surface area (Å²) < 4.78 is 0. The molecule has 17 heavy (non-hydrogen) atoms. The molecule has 0 radical (unpaired) electrons. The number of carboxylic acids is 1. The van der Waals surface area contributed by atoms with Gasteiger partial charge in [-0.15, -0.1) is 0 Å². The normalized spacial score (nSPS) is 25.8. The van der Waals surface area contributed by atoms with Crippen LogP contribution in [-0.4, -0.2) is 23.2 Å². The maximum absolute atomic E-state index is 11.2. The van der Waals surface area contributed by atoms with E-state index in [0.29, 0.717) is 23.8 Å². The lowest BCUT2D eigenvalue weighted by Crippen LogP contribution is -2.47. The van der Waals surface area contributed by atoms with E-state index in [1.165, 1.54) is 12.8 Å². The van der Waals surface area contributed by atoms with Gasteiger partial charge in [-0.2, -0.15) is 0 Å². The molecule has 0 heterocycles. The Kier molecular flexibility index (Phi) is 4.99. The maximum atomic E-state index is 11.2. The van der Waals surface area contributed by atoms with Crippen molar-refractivity contribution < 1.29 is 9.90 Å². The molecule has 2 N–H and O–H groups in total. The summed E-state index contributed by atoms with van der Waals surface area (Å²) in [6, 6.07) is -0.00694. The van der Waals surface area contributed by atoms with Crippen LogP contribution in [0.5, 0.6) is 0 Å². The van der Waals surface area contributed by atoms with Gasteiger partial charge in [-0.25, -0.2) is 0 Å². The van der Waals surface area contributed by atoms with Crippen molar-refractivity contribution >= 4 is 5.97 Å². The predicted molar refractivity (Wildman–Crippen MR) is 70.1 cm³/mol. The molecular formula is C14H27NO2. The molecule has 1 aliphatic carbocycles. The highest BCUT2D eigenvalue weighted by Gasteiger charge is 2.30. The van der Waals surface area contributed by atoms with Crippen LogP contribution in [0.2, 0.25) is 0 Å². The van der Waals surface area contributed by atoms with Crippen molar-refractivity contribution in [2.24, 2.45) is 11.3 Å². The van der Waals surface area contributed by atoms with Crippen LogP contribution >= 0.6 is 0 Å². The average molecular weight is 241 g/mol. The van der Waals surface area contributed by atoms with E-state index in [2.05, 4.69) is 33.0 Å². The van der Waals surface area contributed by atoms with Gasteiger partial charge >= 0.3 is 5.97 Å². The van der Waals surface area contributed by atoms with Crippen molar-refractivity contribution in [3.05, 3.63) is 0 Å². The fraction of sp³-hybridized carbons (Fsp3) is 0.929. The lowest BCUT2D eigenvalue weighted by molar-refractivity contribution is -0.140. The topological polar surface area (TPSA) is 49.3 Å². The fourth-order valence-corrected chi connectivity index (χ4v) is 2.84. The smallest absolute Gasteiger partial charge is 0.320 e. The van der Waals surface area contributed by atoms with E-state index < -0.39 is 5.97 Å². The van der Waals surface area contributed by atoms with Gasteiger partial charge in [0.2, 0.25) is 0 Å². The second-order valence-corrected chi connectivity index (χ2v) is 6.64. The Bertz CT molecular complexity index is 261. The third kappa shape index (κ3) is 5.07. The van der Waals surface area contributed by atoms with E-state index in [1.807, 2.05) is 0 Å². The van der Waals surface area contributed by atoms with E-state index in [-0.39, 0.29) is 6.04 Å². The first-order valence-corrected chi connectivity index (χ1v) is 6.79. The van der Waals surface area contributed by atoms with Crippen LogP contribution < -0.4 is 5.32 Å². The second kappa shape index (κ2) is 5.85. The highest BCUT2D eigenvalue weighted by Crippen LogP contribution is 2.35. The number of nitrogens with one attached hydrogen (secondary N) is 1. The van der Waals surface area contributed by atoms with E-state index in [1.54, 1.807) is 0 Å². The Morgan fingerprint density at radius 1 is 1.47 bits per heavy atom. The zero-order valence-electron chi connectivity index (χ0n) is 11.6. The lowest BCUT2D eigenvalue weighted by atomic mass is 9.75. The summed E-state index contributed by atoms with van der Waals surface area (Å²) >= 11 is 0. The first-order valence-electron chi connectivity index (χ1n) is 6.79. The Morgan fingerprint density at radius 2 is 2.12 bits per heavy atom. The van der Waals surface area contributed by atoms with E-state index >= 15 is 0 Å². The summed E-state index contributed by atoms with van der Waals surface area (Å²) in [5, 5.41) is 12.6. The fourth-order valence-electron chi connectivity index (χ4n) is 2.84. The first kappa shape index (κ1) is 14.5. The van der Waals surface area contributed by atoms with Crippen LogP contribution in [0.3, 0.4) is 0 Å². The second-order valence-electron chi connectivity index (χ2n) is 6.64. The quantitative estimate of drug-likeness (QED) is 0.778. The summed E-state index contributed by atoms with van der Waals surface area (Å²) in [5.41, 5.74) is 0.358. The van der Waals surface area contributed by atoms with Crippen LogP contribution in [0.25, 0.3) is 0 Å². The molecule has 2 atom stereocenters. The molecule has 0 aromatic rings. The molecule has 0 aromatic heterocycles. The molecule has 0 aliphatic heterocycles. The Labute approximate surface area is 105 Å². The van der Waals surface area contributed by atoms with Crippen molar-refractivity contribution in [3.63, 3.8) is 0 Å². The van der Waals surface area contributed by atoms with Gasteiger partial charge in [0.05, 0.1) is 0 Å². The SMILES string of the molecule is CC(C)CC(NC1CCCC(C)(C)C1)C(=O)O. The predicted octanol–water partition coefficient (Wildman–Crippen LogP) is 3.04. The van der Waals surface area contributed by atoms with E-state index in [0.717, 1.165) is 12.8 Å². The monoisotopic (exact) mass is 241 g/mol. The number of rotatable bonds is 5. The Morgan fingerprint density at radius 3 is 2.59 bits per heavy atom. The molecule has 3 nitrogen and oxygen atoms in total. The molecule has 1 aliphatic rings. The van der Waals surface area contributed by atoms with Gasteiger partial charge in [0.1, 0.15) is 6.04 Å². The zero-order chi connectivity index (χ0) is 13.1. The summed E-state index contributed by atoms with van der Waals surface area (Å²) in [6.07, 6.45) is 5.39. The van der Waals surface area contributed by atoms with E-state index in [9.17, 15) is 9.90 Å².